The van der Waals surface area contributed by atoms with Crippen molar-refractivity contribution in [1.82, 2.24) is 15.1 Å². The third kappa shape index (κ3) is 4.08. The Labute approximate surface area is 179 Å². The van der Waals surface area contributed by atoms with E-state index in [0.29, 0.717) is 35.1 Å². The fourth-order valence-corrected chi connectivity index (χ4v) is 4.85. The number of carbonyl (C=O) groups excluding carboxylic acids is 1. The Hall–Kier alpha value is -2.78. The zero-order chi connectivity index (χ0) is 21.3. The predicted octanol–water partition coefficient (Wildman–Crippen LogP) is 4.06. The van der Waals surface area contributed by atoms with E-state index in [0.717, 1.165) is 19.3 Å². The van der Waals surface area contributed by atoms with Crippen molar-refractivity contribution in [1.29, 1.82) is 0 Å². The van der Waals surface area contributed by atoms with E-state index in [2.05, 4.69) is 14.9 Å². The Kier molecular flexibility index (Phi) is 5.57. The zero-order valence-electron chi connectivity index (χ0n) is 16.3. The van der Waals surface area contributed by atoms with E-state index in [1.807, 2.05) is 0 Å². The lowest BCUT2D eigenvalue weighted by atomic mass is 10.1. The molecule has 0 aliphatic carbocycles. The van der Waals surface area contributed by atoms with Gasteiger partial charge in [-0.3, -0.25) is 14.6 Å². The average Bonchev–Trinajstić information content (AvgIpc) is 3.36. The minimum absolute atomic E-state index is 0.0154. The van der Waals surface area contributed by atoms with Crippen LogP contribution in [0.25, 0.3) is 11.5 Å². The second kappa shape index (κ2) is 8.16. The highest BCUT2D eigenvalue weighted by Gasteiger charge is 2.27. The molecule has 0 saturated carbocycles. The molecule has 1 amide bonds. The molecule has 3 heterocycles. The van der Waals surface area contributed by atoms with Gasteiger partial charge < -0.3 is 9.32 Å². The van der Waals surface area contributed by atoms with Crippen molar-refractivity contribution in [2.45, 2.75) is 31.1 Å². The van der Waals surface area contributed by atoms with Crippen LogP contribution in [-0.4, -0.2) is 42.5 Å². The summed E-state index contributed by atoms with van der Waals surface area (Å²) in [5, 5.41) is 7.25. The van der Waals surface area contributed by atoms with Crippen LogP contribution < -0.4 is 4.72 Å². The Morgan fingerprint density at radius 2 is 1.90 bits per heavy atom. The number of furan rings is 1. The van der Waals surface area contributed by atoms with Crippen LogP contribution in [-0.2, 0) is 10.0 Å². The molecule has 0 radical (unpaired) electrons. The van der Waals surface area contributed by atoms with Crippen molar-refractivity contribution < 1.29 is 17.6 Å². The highest BCUT2D eigenvalue weighted by atomic mass is 35.5. The van der Waals surface area contributed by atoms with Crippen molar-refractivity contribution in [2.75, 3.05) is 17.8 Å². The number of amides is 1. The van der Waals surface area contributed by atoms with Gasteiger partial charge in [0.05, 0.1) is 11.8 Å². The van der Waals surface area contributed by atoms with Gasteiger partial charge in [-0.05, 0) is 50.5 Å². The highest BCUT2D eigenvalue weighted by molar-refractivity contribution is 7.92. The number of carbonyl (C=O) groups is 1. The predicted molar refractivity (Wildman–Crippen MR) is 113 cm³/mol. The second-order valence-corrected chi connectivity index (χ2v) is 9.24. The lowest BCUT2D eigenvalue weighted by Crippen LogP contribution is -2.35. The second-order valence-electron chi connectivity index (χ2n) is 7.16. The molecule has 0 spiro atoms. The zero-order valence-corrected chi connectivity index (χ0v) is 17.9. The maximum Gasteiger partial charge on any atom is 0.265 e. The topological polar surface area (TPSA) is 108 Å². The van der Waals surface area contributed by atoms with Gasteiger partial charge in [-0.25, -0.2) is 8.42 Å². The number of likely N-dealkylation sites (tertiary alicyclic amines) is 1. The molecule has 1 aromatic carbocycles. The van der Waals surface area contributed by atoms with Gasteiger partial charge in [0.2, 0.25) is 0 Å². The third-order valence-electron chi connectivity index (χ3n) is 5.02. The van der Waals surface area contributed by atoms with Gasteiger partial charge in [0, 0.05) is 29.9 Å². The van der Waals surface area contributed by atoms with E-state index in [1.54, 1.807) is 36.1 Å². The molecular weight excluding hydrogens is 428 g/mol. The first-order valence-corrected chi connectivity index (χ1v) is 11.4. The van der Waals surface area contributed by atoms with E-state index in [1.165, 1.54) is 12.3 Å². The van der Waals surface area contributed by atoms with E-state index >= 15 is 0 Å². The minimum Gasteiger partial charge on any atom is -0.458 e. The molecule has 0 atom stereocenters. The first-order valence-electron chi connectivity index (χ1n) is 9.57. The van der Waals surface area contributed by atoms with Crippen LogP contribution in [0.15, 0.2) is 45.8 Å². The summed E-state index contributed by atoms with van der Waals surface area (Å²) in [6.45, 7) is 2.96. The molecule has 1 fully saturated rings. The summed E-state index contributed by atoms with van der Waals surface area (Å²) < 4.78 is 33.9. The summed E-state index contributed by atoms with van der Waals surface area (Å²) in [6, 6.07) is 7.72. The van der Waals surface area contributed by atoms with E-state index in [-0.39, 0.29) is 22.3 Å². The molecule has 4 rings (SSSR count). The maximum atomic E-state index is 12.9. The fourth-order valence-electron chi connectivity index (χ4n) is 3.49. The number of hydrogen-bond donors (Lipinski definition) is 2. The Balaban J connectivity index is 1.62. The number of benzene rings is 1. The lowest BCUT2D eigenvalue weighted by Gasteiger charge is -2.26. The molecule has 8 nitrogen and oxygen atoms in total. The molecule has 3 aromatic rings. The number of sulfonamides is 1. The van der Waals surface area contributed by atoms with Crippen LogP contribution in [0.4, 0.5) is 5.69 Å². The van der Waals surface area contributed by atoms with Gasteiger partial charge in [0.25, 0.3) is 15.9 Å². The van der Waals surface area contributed by atoms with Crippen LogP contribution in [0.1, 0.15) is 35.4 Å². The van der Waals surface area contributed by atoms with E-state index in [9.17, 15) is 13.2 Å². The molecule has 1 aliphatic rings. The van der Waals surface area contributed by atoms with E-state index in [4.69, 9.17) is 16.0 Å². The quantitative estimate of drug-likeness (QED) is 0.611. The molecular formula is C20H21ClN4O4S. The van der Waals surface area contributed by atoms with Gasteiger partial charge in [0.1, 0.15) is 16.3 Å². The van der Waals surface area contributed by atoms with Crippen molar-refractivity contribution in [3.63, 3.8) is 0 Å². The van der Waals surface area contributed by atoms with Crippen LogP contribution in [0, 0.1) is 6.92 Å². The third-order valence-corrected chi connectivity index (χ3v) is 6.76. The molecule has 0 unspecified atom stereocenters. The Bertz CT molecular complexity index is 1160. The molecule has 1 aliphatic heterocycles. The van der Waals surface area contributed by atoms with Crippen molar-refractivity contribution in [3.8, 4) is 11.5 Å². The smallest absolute Gasteiger partial charge is 0.265 e. The van der Waals surface area contributed by atoms with Crippen molar-refractivity contribution in [2.24, 2.45) is 0 Å². The highest BCUT2D eigenvalue weighted by Crippen LogP contribution is 2.31. The van der Waals surface area contributed by atoms with Gasteiger partial charge in [0.15, 0.2) is 5.76 Å². The molecule has 2 aromatic heterocycles. The van der Waals surface area contributed by atoms with Gasteiger partial charge >= 0.3 is 0 Å². The number of aromatic nitrogens is 2. The maximum absolute atomic E-state index is 12.9. The first-order chi connectivity index (χ1) is 14.3. The summed E-state index contributed by atoms with van der Waals surface area (Å²) in [6.07, 6.45) is 4.50. The van der Waals surface area contributed by atoms with Crippen LogP contribution >= 0.6 is 11.6 Å². The number of rotatable bonds is 5. The van der Waals surface area contributed by atoms with Gasteiger partial charge in [-0.2, -0.15) is 5.10 Å². The van der Waals surface area contributed by atoms with Crippen LogP contribution in [0.3, 0.4) is 0 Å². The molecule has 1 saturated heterocycles. The average molecular weight is 449 g/mol. The van der Waals surface area contributed by atoms with E-state index < -0.39 is 10.0 Å². The number of piperidine rings is 1. The lowest BCUT2D eigenvalue weighted by molar-refractivity contribution is 0.0725. The minimum atomic E-state index is -3.90. The molecule has 158 valence electrons. The summed E-state index contributed by atoms with van der Waals surface area (Å²) >= 11 is 5.85. The van der Waals surface area contributed by atoms with Gasteiger partial charge in [-0.15, -0.1) is 0 Å². The monoisotopic (exact) mass is 448 g/mol. The Morgan fingerprint density at radius 3 is 2.60 bits per heavy atom. The number of aromatic amines is 1. The largest absolute Gasteiger partial charge is 0.458 e. The number of anilines is 1. The number of nitrogens with zero attached hydrogens (tertiary/aromatic N) is 2. The molecule has 0 bridgehead atoms. The SMILES string of the molecule is Cc1oc(-c2[nH]ncc2C(=O)N2CCCCC2)cc1S(=O)(=O)Nc1ccc(Cl)cc1. The number of hydrogen-bond acceptors (Lipinski definition) is 5. The normalized spacial score (nSPS) is 14.7. The summed E-state index contributed by atoms with van der Waals surface area (Å²) in [5.41, 5.74) is 1.10. The number of aryl methyl sites for hydroxylation is 1. The van der Waals surface area contributed by atoms with Crippen LogP contribution in [0.5, 0.6) is 0 Å². The summed E-state index contributed by atoms with van der Waals surface area (Å²) in [7, 11) is -3.90. The van der Waals surface area contributed by atoms with Crippen LogP contribution in [0.2, 0.25) is 5.02 Å². The number of H-pyrrole nitrogens is 1. The molecule has 2 N–H and O–H groups in total. The standard InChI is InChI=1S/C20H21ClN4O4S/c1-13-18(30(27,28)24-15-7-5-14(21)6-8-15)11-17(29-13)19-16(12-22-23-19)20(26)25-9-3-2-4-10-25/h5-8,11-12,24H,2-4,9-10H2,1H3,(H,22,23). The number of nitrogens with one attached hydrogen (secondary N) is 2. The molecule has 10 heteroatoms. The van der Waals surface area contributed by atoms with Crippen molar-refractivity contribution >= 4 is 33.2 Å². The summed E-state index contributed by atoms with van der Waals surface area (Å²) in [4.78, 5) is 14.7. The number of halogens is 1. The first kappa shape index (κ1) is 20.5. The fraction of sp³-hybridized carbons (Fsp3) is 0.300. The molecule has 30 heavy (non-hydrogen) atoms. The van der Waals surface area contributed by atoms with Gasteiger partial charge in [-0.1, -0.05) is 11.6 Å². The Morgan fingerprint density at radius 1 is 1.20 bits per heavy atom. The summed E-state index contributed by atoms with van der Waals surface area (Å²) in [5.74, 6) is 0.301. The van der Waals surface area contributed by atoms with Crippen molar-refractivity contribution in [3.05, 3.63) is 52.9 Å².